The minimum Gasteiger partial charge on any atom is -0.355 e. The van der Waals surface area contributed by atoms with Crippen molar-refractivity contribution in [3.05, 3.63) is 47.1 Å². The zero-order valence-electron chi connectivity index (χ0n) is 17.8. The number of alkyl halides is 3. The Morgan fingerprint density at radius 2 is 2.06 bits per heavy atom. The Hall–Kier alpha value is -2.75. The summed E-state index contributed by atoms with van der Waals surface area (Å²) < 4.78 is 66.6. The van der Waals surface area contributed by atoms with Crippen molar-refractivity contribution in [2.45, 2.75) is 42.8 Å². The molecule has 7 nitrogen and oxygen atoms in total. The highest BCUT2D eigenvalue weighted by Gasteiger charge is 2.50. The van der Waals surface area contributed by atoms with E-state index in [4.69, 9.17) is 5.26 Å². The van der Waals surface area contributed by atoms with Gasteiger partial charge >= 0.3 is 6.18 Å². The van der Waals surface area contributed by atoms with Crippen LogP contribution in [0.25, 0.3) is 10.2 Å². The lowest BCUT2D eigenvalue weighted by atomic mass is 9.65. The van der Waals surface area contributed by atoms with E-state index in [-0.39, 0.29) is 26.8 Å². The molecule has 1 aliphatic heterocycles. The van der Waals surface area contributed by atoms with E-state index >= 15 is 0 Å². The fraction of sp³-hybridized carbons (Fsp3) is 0.409. The lowest BCUT2D eigenvalue weighted by molar-refractivity contribution is -0.126. The van der Waals surface area contributed by atoms with Gasteiger partial charge in [-0.05, 0) is 48.9 Å². The van der Waals surface area contributed by atoms with Gasteiger partial charge in [0.1, 0.15) is 17.0 Å². The Balaban J connectivity index is 1.27. The standard InChI is InChI=1S/C22H20F3N5O2S2/c23-22(24,25)10-16-7-18-19(27-13-28-20(18)33-16)30-5-4-21(12-30)8-15(9-21)29-34(31,32)17-3-1-2-14(6-17)11-26/h1-3,6-7,13,15,29H,4-5,8-10,12H2. The van der Waals surface area contributed by atoms with Crippen LogP contribution in [0.3, 0.4) is 0 Å². The molecule has 1 saturated carbocycles. The van der Waals surface area contributed by atoms with Gasteiger partial charge in [-0.3, -0.25) is 0 Å². The molecule has 1 aromatic carbocycles. The van der Waals surface area contributed by atoms with Crippen molar-refractivity contribution in [2.75, 3.05) is 18.0 Å². The van der Waals surface area contributed by atoms with Crippen LogP contribution in [0.5, 0.6) is 0 Å². The second-order valence-corrected chi connectivity index (χ2v) is 11.8. The summed E-state index contributed by atoms with van der Waals surface area (Å²) in [6.45, 7) is 1.35. The summed E-state index contributed by atoms with van der Waals surface area (Å²) in [6, 6.07) is 9.16. The molecule has 1 saturated heterocycles. The summed E-state index contributed by atoms with van der Waals surface area (Å²) in [5, 5.41) is 9.64. The maximum Gasteiger partial charge on any atom is 0.393 e. The van der Waals surface area contributed by atoms with Gasteiger partial charge in [-0.25, -0.2) is 23.1 Å². The van der Waals surface area contributed by atoms with E-state index in [2.05, 4.69) is 19.6 Å². The first kappa shape index (κ1) is 23.0. The minimum atomic E-state index is -4.28. The molecule has 1 spiro atoms. The minimum absolute atomic E-state index is 0.0657. The van der Waals surface area contributed by atoms with Gasteiger partial charge in [0, 0.05) is 24.0 Å². The molecule has 178 valence electrons. The zero-order valence-corrected chi connectivity index (χ0v) is 19.5. The molecule has 1 aliphatic carbocycles. The monoisotopic (exact) mass is 507 g/mol. The number of hydrogen-bond donors (Lipinski definition) is 1. The number of nitriles is 1. The summed E-state index contributed by atoms with van der Waals surface area (Å²) in [5.74, 6) is 0.629. The Labute approximate surface area is 198 Å². The molecular formula is C22H20F3N5O2S2. The molecule has 0 bridgehead atoms. The third-order valence-corrected chi connectivity index (χ3v) is 8.99. The Kier molecular flexibility index (Phi) is 5.54. The molecule has 2 aromatic heterocycles. The van der Waals surface area contributed by atoms with Gasteiger partial charge in [0.25, 0.3) is 0 Å². The van der Waals surface area contributed by atoms with Crippen molar-refractivity contribution in [3.63, 3.8) is 0 Å². The van der Waals surface area contributed by atoms with E-state index in [1.165, 1.54) is 30.6 Å². The molecule has 0 atom stereocenters. The average Bonchev–Trinajstić information content (AvgIpc) is 3.36. The fourth-order valence-corrected chi connectivity index (χ4v) is 7.27. The van der Waals surface area contributed by atoms with Crippen molar-refractivity contribution in [3.8, 4) is 6.07 Å². The number of thiophene rings is 1. The number of nitrogens with zero attached hydrogens (tertiary/aromatic N) is 4. The molecule has 0 amide bonds. The lowest BCUT2D eigenvalue weighted by Crippen LogP contribution is -2.51. The number of sulfonamides is 1. The van der Waals surface area contributed by atoms with Gasteiger partial charge in [-0.15, -0.1) is 11.3 Å². The lowest BCUT2D eigenvalue weighted by Gasteiger charge is -2.45. The summed E-state index contributed by atoms with van der Waals surface area (Å²) in [4.78, 5) is 11.4. The molecule has 0 radical (unpaired) electrons. The van der Waals surface area contributed by atoms with Crippen molar-refractivity contribution in [1.29, 1.82) is 5.26 Å². The maximum atomic E-state index is 12.8. The molecule has 3 heterocycles. The molecule has 12 heteroatoms. The van der Waals surface area contributed by atoms with Crippen LogP contribution in [0.1, 0.15) is 29.7 Å². The number of hydrogen-bond acceptors (Lipinski definition) is 7. The molecule has 1 N–H and O–H groups in total. The molecule has 3 aromatic rings. The van der Waals surface area contributed by atoms with Crippen LogP contribution in [0.4, 0.5) is 19.0 Å². The number of rotatable bonds is 5. The molecule has 2 aliphatic rings. The Bertz CT molecular complexity index is 1390. The van der Waals surface area contributed by atoms with Crippen LogP contribution in [-0.4, -0.2) is 43.7 Å². The van der Waals surface area contributed by atoms with Crippen LogP contribution in [-0.2, 0) is 16.4 Å². The predicted molar refractivity (Wildman–Crippen MR) is 121 cm³/mol. The van der Waals surface area contributed by atoms with Crippen LogP contribution in [0, 0.1) is 16.7 Å². The van der Waals surface area contributed by atoms with Crippen molar-refractivity contribution in [2.24, 2.45) is 5.41 Å². The van der Waals surface area contributed by atoms with Crippen LogP contribution in [0.15, 0.2) is 41.6 Å². The van der Waals surface area contributed by atoms with E-state index in [0.717, 1.165) is 17.8 Å². The molecular weight excluding hydrogens is 487 g/mol. The van der Waals surface area contributed by atoms with Crippen molar-refractivity contribution < 1.29 is 21.6 Å². The normalized spacial score (nSPS) is 22.8. The van der Waals surface area contributed by atoms with E-state index in [1.54, 1.807) is 6.07 Å². The van der Waals surface area contributed by atoms with E-state index in [9.17, 15) is 21.6 Å². The second kappa shape index (κ2) is 8.18. The number of fused-ring (bicyclic) bond motifs is 1. The highest BCUT2D eigenvalue weighted by Crippen LogP contribution is 2.50. The van der Waals surface area contributed by atoms with Crippen LogP contribution in [0.2, 0.25) is 0 Å². The predicted octanol–water partition coefficient (Wildman–Crippen LogP) is 4.01. The number of benzene rings is 1. The second-order valence-electron chi connectivity index (χ2n) is 8.96. The summed E-state index contributed by atoms with van der Waals surface area (Å²) >= 11 is 1.03. The topological polar surface area (TPSA) is 99.0 Å². The number of nitrogens with one attached hydrogen (secondary N) is 1. The quantitative estimate of drug-likeness (QED) is 0.561. The van der Waals surface area contributed by atoms with Gasteiger partial charge in [-0.2, -0.15) is 18.4 Å². The van der Waals surface area contributed by atoms with Gasteiger partial charge in [0.15, 0.2) is 0 Å². The first-order valence-corrected chi connectivity index (χ1v) is 12.9. The fourth-order valence-electron chi connectivity index (χ4n) is 4.97. The van der Waals surface area contributed by atoms with E-state index in [0.29, 0.717) is 42.0 Å². The summed E-state index contributed by atoms with van der Waals surface area (Å²) in [6.07, 6.45) is -1.72. The molecule has 2 fully saturated rings. The summed E-state index contributed by atoms with van der Waals surface area (Å²) in [7, 11) is -3.73. The van der Waals surface area contributed by atoms with Crippen molar-refractivity contribution in [1.82, 2.24) is 14.7 Å². The SMILES string of the molecule is N#Cc1cccc(S(=O)(=O)NC2CC3(CCN(c4ncnc5sc(CC(F)(F)F)cc45)C3)C2)c1. The van der Waals surface area contributed by atoms with E-state index in [1.807, 2.05) is 6.07 Å². The summed E-state index contributed by atoms with van der Waals surface area (Å²) in [5.41, 5.74) is 0.214. The number of aromatic nitrogens is 2. The third kappa shape index (κ3) is 4.47. The Morgan fingerprint density at radius 3 is 2.79 bits per heavy atom. The van der Waals surface area contributed by atoms with Crippen molar-refractivity contribution >= 4 is 37.4 Å². The zero-order chi connectivity index (χ0) is 24.1. The molecule has 34 heavy (non-hydrogen) atoms. The third-order valence-electron chi connectivity index (χ3n) is 6.43. The first-order chi connectivity index (χ1) is 16.1. The average molecular weight is 508 g/mol. The smallest absolute Gasteiger partial charge is 0.355 e. The largest absolute Gasteiger partial charge is 0.393 e. The highest BCUT2D eigenvalue weighted by atomic mass is 32.2. The maximum absolute atomic E-state index is 12.8. The van der Waals surface area contributed by atoms with Gasteiger partial charge in [-0.1, -0.05) is 6.07 Å². The highest BCUT2D eigenvalue weighted by molar-refractivity contribution is 7.89. The van der Waals surface area contributed by atoms with Gasteiger partial charge < -0.3 is 4.90 Å². The molecule has 5 rings (SSSR count). The van der Waals surface area contributed by atoms with Crippen LogP contribution >= 0.6 is 11.3 Å². The Morgan fingerprint density at radius 1 is 1.26 bits per heavy atom. The van der Waals surface area contributed by atoms with Gasteiger partial charge in [0.05, 0.1) is 28.3 Å². The number of halogens is 3. The number of anilines is 1. The van der Waals surface area contributed by atoms with Gasteiger partial charge in [0.2, 0.25) is 10.0 Å². The molecule has 0 unspecified atom stereocenters. The van der Waals surface area contributed by atoms with E-state index < -0.39 is 22.6 Å². The first-order valence-electron chi connectivity index (χ1n) is 10.6. The van der Waals surface area contributed by atoms with Crippen LogP contribution < -0.4 is 9.62 Å².